The molecule has 1 atom stereocenters. The quantitative estimate of drug-likeness (QED) is 0.782. The van der Waals surface area contributed by atoms with E-state index in [0.29, 0.717) is 23.1 Å². The molecule has 120 valence electrons. The lowest BCUT2D eigenvalue weighted by molar-refractivity contribution is 0.241. The molecule has 5 nitrogen and oxygen atoms in total. The topological polar surface area (TPSA) is 61.9 Å². The van der Waals surface area contributed by atoms with Crippen molar-refractivity contribution >= 4 is 21.6 Å². The first-order valence-corrected chi connectivity index (χ1v) is 8.49. The molecule has 1 N–H and O–H groups in total. The molecule has 0 unspecified atom stereocenters. The minimum absolute atomic E-state index is 0.0543. The molecule has 0 bridgehead atoms. The fourth-order valence-electron chi connectivity index (χ4n) is 2.56. The van der Waals surface area contributed by atoms with Crippen molar-refractivity contribution in [3.8, 4) is 0 Å². The summed E-state index contributed by atoms with van der Waals surface area (Å²) in [5.41, 5.74) is 3.02. The molecule has 0 aliphatic heterocycles. The van der Waals surface area contributed by atoms with Gasteiger partial charge in [-0.3, -0.25) is 14.7 Å². The number of fused-ring (bicyclic) bond motifs is 1. The lowest BCUT2D eigenvalue weighted by atomic mass is 10.1. The molecule has 0 amide bonds. The van der Waals surface area contributed by atoms with Crippen LogP contribution in [0.25, 0.3) is 10.2 Å². The maximum atomic E-state index is 12.0. The van der Waals surface area contributed by atoms with Gasteiger partial charge in [0, 0.05) is 24.4 Å². The minimum Gasteiger partial charge on any atom is -0.308 e. The molecular weight excluding hydrogens is 308 g/mol. The first kappa shape index (κ1) is 15.8. The van der Waals surface area contributed by atoms with E-state index in [1.165, 1.54) is 16.9 Å². The molecule has 0 aliphatic rings. The maximum absolute atomic E-state index is 12.0. The van der Waals surface area contributed by atoms with E-state index in [-0.39, 0.29) is 5.56 Å². The Bertz CT molecular complexity index is 870. The highest BCUT2D eigenvalue weighted by atomic mass is 32.1. The van der Waals surface area contributed by atoms with Gasteiger partial charge in [-0.1, -0.05) is 0 Å². The minimum atomic E-state index is -0.0543. The number of H-pyrrole nitrogens is 1. The largest absolute Gasteiger partial charge is 0.308 e. The predicted octanol–water partition coefficient (Wildman–Crippen LogP) is 2.75. The van der Waals surface area contributed by atoms with Crippen molar-refractivity contribution in [2.24, 2.45) is 0 Å². The van der Waals surface area contributed by atoms with Crippen LogP contribution in [0.4, 0.5) is 0 Å². The Hall–Kier alpha value is -2.05. The molecule has 23 heavy (non-hydrogen) atoms. The van der Waals surface area contributed by atoms with Gasteiger partial charge in [-0.05, 0) is 50.0 Å². The van der Waals surface area contributed by atoms with Gasteiger partial charge in [0.15, 0.2) is 0 Å². The Morgan fingerprint density at radius 1 is 1.39 bits per heavy atom. The van der Waals surface area contributed by atoms with E-state index in [4.69, 9.17) is 0 Å². The van der Waals surface area contributed by atoms with Gasteiger partial charge in [0.05, 0.1) is 12.1 Å². The van der Waals surface area contributed by atoms with Crippen LogP contribution in [0.1, 0.15) is 24.0 Å². The Kier molecular flexibility index (Phi) is 4.54. The number of aromatic nitrogens is 3. The number of likely N-dealkylation sites (N-methyl/N-ethyl adjacent to an activating group) is 1. The van der Waals surface area contributed by atoms with Crippen molar-refractivity contribution in [1.82, 2.24) is 19.9 Å². The number of aryl methyl sites for hydroxylation is 1. The molecule has 3 heterocycles. The zero-order valence-electron chi connectivity index (χ0n) is 13.5. The second-order valence-electron chi connectivity index (χ2n) is 5.94. The summed E-state index contributed by atoms with van der Waals surface area (Å²) in [5.74, 6) is 0.701. The normalized spacial score (nSPS) is 12.9. The van der Waals surface area contributed by atoms with Crippen molar-refractivity contribution < 1.29 is 0 Å². The zero-order valence-corrected chi connectivity index (χ0v) is 14.4. The van der Waals surface area contributed by atoms with Gasteiger partial charge in [-0.15, -0.1) is 11.3 Å². The van der Waals surface area contributed by atoms with Gasteiger partial charge in [-0.2, -0.15) is 0 Å². The van der Waals surface area contributed by atoms with Crippen LogP contribution in [-0.4, -0.2) is 32.9 Å². The fraction of sp³-hybridized carbons (Fsp3) is 0.353. The lowest BCUT2D eigenvalue weighted by Gasteiger charge is -2.24. The van der Waals surface area contributed by atoms with Crippen LogP contribution >= 0.6 is 11.3 Å². The molecule has 3 rings (SSSR count). The highest BCUT2D eigenvalue weighted by Crippen LogP contribution is 2.15. The molecule has 0 aliphatic carbocycles. The van der Waals surface area contributed by atoms with E-state index in [9.17, 15) is 4.79 Å². The summed E-state index contributed by atoms with van der Waals surface area (Å²) in [5, 5.41) is 1.90. The first-order valence-electron chi connectivity index (χ1n) is 7.61. The van der Waals surface area contributed by atoms with Gasteiger partial charge in [0.1, 0.15) is 10.5 Å². The number of thiophene rings is 1. The summed E-state index contributed by atoms with van der Waals surface area (Å²) in [4.78, 5) is 26.0. The number of nitrogens with one attached hydrogen (secondary N) is 1. The van der Waals surface area contributed by atoms with Crippen LogP contribution in [0, 0.1) is 6.92 Å². The molecule has 0 aromatic carbocycles. The summed E-state index contributed by atoms with van der Waals surface area (Å²) < 4.78 is 0.688. The monoisotopic (exact) mass is 328 g/mol. The highest BCUT2D eigenvalue weighted by molar-refractivity contribution is 7.17. The predicted molar refractivity (Wildman–Crippen MR) is 93.8 cm³/mol. The van der Waals surface area contributed by atoms with Gasteiger partial charge >= 0.3 is 0 Å². The number of rotatable bonds is 5. The molecule has 0 spiro atoms. The summed E-state index contributed by atoms with van der Waals surface area (Å²) in [6, 6.07) is 6.30. The van der Waals surface area contributed by atoms with Crippen LogP contribution in [-0.2, 0) is 13.0 Å². The average Bonchev–Trinajstić information content (AvgIpc) is 2.96. The lowest BCUT2D eigenvalue weighted by Crippen LogP contribution is -2.32. The summed E-state index contributed by atoms with van der Waals surface area (Å²) in [6.45, 7) is 4.84. The van der Waals surface area contributed by atoms with Crippen molar-refractivity contribution in [3.63, 3.8) is 0 Å². The van der Waals surface area contributed by atoms with Crippen LogP contribution in [0.15, 0.2) is 34.6 Å². The third-order valence-corrected chi connectivity index (χ3v) is 4.89. The summed E-state index contributed by atoms with van der Waals surface area (Å²) in [6.07, 6.45) is 2.71. The third-order valence-electron chi connectivity index (χ3n) is 3.99. The standard InChI is InChI=1S/C17H20N4OS/c1-11-4-6-18-13(8-11)9-12(2)21(3)10-15-19-14-5-7-23-16(14)17(22)20-15/h4-8,12H,9-10H2,1-3H3,(H,19,20,22)/t12-/m0/s1. The zero-order chi connectivity index (χ0) is 16.4. The third kappa shape index (κ3) is 3.65. The number of nitrogens with zero attached hydrogens (tertiary/aromatic N) is 3. The smallest absolute Gasteiger partial charge is 0.268 e. The van der Waals surface area contributed by atoms with Crippen LogP contribution < -0.4 is 5.56 Å². The molecule has 0 fully saturated rings. The molecular formula is C17H20N4OS. The second-order valence-corrected chi connectivity index (χ2v) is 6.86. The highest BCUT2D eigenvalue weighted by Gasteiger charge is 2.13. The van der Waals surface area contributed by atoms with Crippen LogP contribution in [0.3, 0.4) is 0 Å². The van der Waals surface area contributed by atoms with Gasteiger partial charge in [0.25, 0.3) is 5.56 Å². The Balaban J connectivity index is 1.72. The Morgan fingerprint density at radius 2 is 2.22 bits per heavy atom. The molecule has 3 aromatic heterocycles. The Labute approximate surface area is 139 Å². The average molecular weight is 328 g/mol. The van der Waals surface area contributed by atoms with Gasteiger partial charge < -0.3 is 4.98 Å². The number of hydrogen-bond donors (Lipinski definition) is 1. The number of pyridine rings is 1. The van der Waals surface area contributed by atoms with E-state index in [1.807, 2.05) is 30.8 Å². The van der Waals surface area contributed by atoms with E-state index < -0.39 is 0 Å². The van der Waals surface area contributed by atoms with E-state index in [1.54, 1.807) is 0 Å². The van der Waals surface area contributed by atoms with E-state index in [2.05, 4.69) is 39.8 Å². The molecule has 6 heteroatoms. The number of hydrogen-bond acceptors (Lipinski definition) is 5. The van der Waals surface area contributed by atoms with Crippen LogP contribution in [0.2, 0.25) is 0 Å². The van der Waals surface area contributed by atoms with Crippen molar-refractivity contribution in [2.75, 3.05) is 7.05 Å². The summed E-state index contributed by atoms with van der Waals surface area (Å²) in [7, 11) is 2.04. The molecule has 0 saturated carbocycles. The van der Waals surface area contributed by atoms with Gasteiger partial charge in [-0.25, -0.2) is 4.98 Å². The van der Waals surface area contributed by atoms with Crippen molar-refractivity contribution in [2.45, 2.75) is 32.9 Å². The first-order chi connectivity index (χ1) is 11.0. The number of aromatic amines is 1. The fourth-order valence-corrected chi connectivity index (χ4v) is 3.28. The van der Waals surface area contributed by atoms with Gasteiger partial charge in [0.2, 0.25) is 0 Å². The molecule has 0 saturated heterocycles. The molecule has 0 radical (unpaired) electrons. The molecule has 3 aromatic rings. The van der Waals surface area contributed by atoms with E-state index >= 15 is 0 Å². The Morgan fingerprint density at radius 3 is 3.00 bits per heavy atom. The SMILES string of the molecule is Cc1ccnc(C[C@H](C)N(C)Cc2nc3ccsc3c(=O)[nH]2)c1. The van der Waals surface area contributed by atoms with E-state index in [0.717, 1.165) is 17.6 Å². The maximum Gasteiger partial charge on any atom is 0.268 e. The van der Waals surface area contributed by atoms with Crippen LogP contribution in [0.5, 0.6) is 0 Å². The van der Waals surface area contributed by atoms with Crippen molar-refractivity contribution in [1.29, 1.82) is 0 Å². The van der Waals surface area contributed by atoms with Crippen molar-refractivity contribution in [3.05, 3.63) is 57.2 Å². The second kappa shape index (κ2) is 6.60. The summed E-state index contributed by atoms with van der Waals surface area (Å²) >= 11 is 1.42.